The van der Waals surface area contributed by atoms with Gasteiger partial charge in [-0.2, -0.15) is 0 Å². The summed E-state index contributed by atoms with van der Waals surface area (Å²) < 4.78 is 0. The van der Waals surface area contributed by atoms with Gasteiger partial charge < -0.3 is 9.90 Å². The van der Waals surface area contributed by atoms with E-state index in [-0.39, 0.29) is 0 Å². The first kappa shape index (κ1) is 9.78. The quantitative estimate of drug-likeness (QED) is 0.720. The van der Waals surface area contributed by atoms with Gasteiger partial charge in [0.1, 0.15) is 12.0 Å². The van der Waals surface area contributed by atoms with E-state index in [1.807, 2.05) is 26.0 Å². The lowest BCUT2D eigenvalue weighted by molar-refractivity contribution is -0.107. The highest BCUT2D eigenvalue weighted by molar-refractivity contribution is 5.52. The predicted octanol–water partition coefficient (Wildman–Crippen LogP) is 2.14. The van der Waals surface area contributed by atoms with Crippen molar-refractivity contribution in [3.05, 3.63) is 28.8 Å². The Kier molecular flexibility index (Phi) is 3.07. The van der Waals surface area contributed by atoms with Gasteiger partial charge >= 0.3 is 0 Å². The average Bonchev–Trinajstić information content (AvgIpc) is 2.13. The van der Waals surface area contributed by atoms with Crippen molar-refractivity contribution in [2.24, 2.45) is 0 Å². The smallest absolute Gasteiger partial charge is 0.121 e. The van der Waals surface area contributed by atoms with Gasteiger partial charge in [0.05, 0.1) is 0 Å². The van der Waals surface area contributed by atoms with Crippen LogP contribution < -0.4 is 0 Å². The van der Waals surface area contributed by atoms with Crippen molar-refractivity contribution >= 4 is 6.29 Å². The van der Waals surface area contributed by atoms with Crippen molar-refractivity contribution in [2.75, 3.05) is 0 Å². The second kappa shape index (κ2) is 4.08. The molecule has 2 nitrogen and oxygen atoms in total. The maximum Gasteiger partial charge on any atom is 0.121 e. The first-order valence-electron chi connectivity index (χ1n) is 4.38. The van der Waals surface area contributed by atoms with Crippen LogP contribution >= 0.6 is 0 Å². The molecule has 0 saturated carbocycles. The fourth-order valence-corrected chi connectivity index (χ4v) is 1.27. The molecule has 70 valence electrons. The minimum atomic E-state index is 0.335. The molecule has 13 heavy (non-hydrogen) atoms. The van der Waals surface area contributed by atoms with Crippen LogP contribution in [0.4, 0.5) is 0 Å². The number of carbonyl (C=O) groups is 1. The van der Waals surface area contributed by atoms with Gasteiger partial charge in [0.15, 0.2) is 0 Å². The highest BCUT2D eigenvalue weighted by Crippen LogP contribution is 2.25. The van der Waals surface area contributed by atoms with Crippen LogP contribution in [0, 0.1) is 13.8 Å². The summed E-state index contributed by atoms with van der Waals surface area (Å²) in [6, 6.07) is 3.84. The average molecular weight is 178 g/mol. The summed E-state index contributed by atoms with van der Waals surface area (Å²) in [5.41, 5.74) is 2.84. The third kappa shape index (κ3) is 2.08. The van der Waals surface area contributed by atoms with Crippen LogP contribution in [0.2, 0.25) is 0 Å². The minimum Gasteiger partial charge on any atom is -0.507 e. The topological polar surface area (TPSA) is 37.3 Å². The molecule has 0 amide bonds. The first-order chi connectivity index (χ1) is 6.16. The van der Waals surface area contributed by atoms with E-state index in [1.54, 1.807) is 0 Å². The van der Waals surface area contributed by atoms with Gasteiger partial charge in [0.2, 0.25) is 0 Å². The van der Waals surface area contributed by atoms with Crippen molar-refractivity contribution in [1.29, 1.82) is 0 Å². The zero-order valence-electron chi connectivity index (χ0n) is 8.00. The largest absolute Gasteiger partial charge is 0.507 e. The number of aryl methyl sites for hydroxylation is 2. The van der Waals surface area contributed by atoms with Crippen LogP contribution in [0.15, 0.2) is 12.1 Å². The Morgan fingerprint density at radius 2 is 2.08 bits per heavy atom. The predicted molar refractivity (Wildman–Crippen MR) is 52.0 cm³/mol. The molecule has 1 aromatic carbocycles. The molecule has 0 aliphatic heterocycles. The van der Waals surface area contributed by atoms with Crippen LogP contribution in [0.1, 0.15) is 23.1 Å². The summed E-state index contributed by atoms with van der Waals surface area (Å²) in [6.07, 6.45) is 1.96. The van der Waals surface area contributed by atoms with E-state index in [0.29, 0.717) is 18.6 Å². The van der Waals surface area contributed by atoms with Crippen molar-refractivity contribution < 1.29 is 9.90 Å². The lowest BCUT2D eigenvalue weighted by Gasteiger charge is -2.07. The summed E-state index contributed by atoms with van der Waals surface area (Å²) in [4.78, 5) is 10.2. The summed E-state index contributed by atoms with van der Waals surface area (Å²) in [6.45, 7) is 3.84. The summed E-state index contributed by atoms with van der Waals surface area (Å²) in [5.74, 6) is 0.335. The lowest BCUT2D eigenvalue weighted by Crippen LogP contribution is -1.91. The number of aromatic hydroxyl groups is 1. The van der Waals surface area contributed by atoms with E-state index in [9.17, 15) is 9.90 Å². The summed E-state index contributed by atoms with van der Waals surface area (Å²) in [5, 5.41) is 9.69. The maximum absolute atomic E-state index is 10.2. The highest BCUT2D eigenvalue weighted by Gasteiger charge is 2.05. The highest BCUT2D eigenvalue weighted by atomic mass is 16.3. The number of hydrogen-bond donors (Lipinski definition) is 1. The van der Waals surface area contributed by atoms with E-state index < -0.39 is 0 Å². The Labute approximate surface area is 78.2 Å². The summed E-state index contributed by atoms with van der Waals surface area (Å²) >= 11 is 0. The second-order valence-corrected chi connectivity index (χ2v) is 3.22. The Morgan fingerprint density at radius 3 is 2.69 bits per heavy atom. The molecule has 0 aliphatic carbocycles. The number of rotatable bonds is 3. The molecule has 0 bridgehead atoms. The number of hydrogen-bond acceptors (Lipinski definition) is 2. The van der Waals surface area contributed by atoms with Gasteiger partial charge in [-0.25, -0.2) is 0 Å². The van der Waals surface area contributed by atoms with Gasteiger partial charge in [-0.15, -0.1) is 0 Å². The molecule has 1 aromatic rings. The number of phenolic OH excluding ortho intramolecular Hbond substituents is 1. The lowest BCUT2D eigenvalue weighted by atomic mass is 10.0. The van der Waals surface area contributed by atoms with E-state index in [2.05, 4.69) is 0 Å². The van der Waals surface area contributed by atoms with Crippen molar-refractivity contribution in [3.63, 3.8) is 0 Å². The van der Waals surface area contributed by atoms with E-state index in [0.717, 1.165) is 23.0 Å². The molecule has 0 heterocycles. The van der Waals surface area contributed by atoms with Crippen LogP contribution in [-0.4, -0.2) is 11.4 Å². The number of aldehydes is 1. The molecular formula is C11H14O2. The Balaban J connectivity index is 2.96. The third-order valence-electron chi connectivity index (χ3n) is 2.32. The molecule has 0 aromatic heterocycles. The number of benzene rings is 1. The monoisotopic (exact) mass is 178 g/mol. The summed E-state index contributed by atoms with van der Waals surface area (Å²) in [7, 11) is 0. The van der Waals surface area contributed by atoms with Crippen molar-refractivity contribution in [1.82, 2.24) is 0 Å². The Hall–Kier alpha value is -1.31. The van der Waals surface area contributed by atoms with Gasteiger partial charge in [-0.1, -0.05) is 12.1 Å². The molecule has 1 rings (SSSR count). The van der Waals surface area contributed by atoms with E-state index in [4.69, 9.17) is 0 Å². The Morgan fingerprint density at radius 1 is 1.38 bits per heavy atom. The van der Waals surface area contributed by atoms with Gasteiger partial charge in [0.25, 0.3) is 0 Å². The van der Waals surface area contributed by atoms with Gasteiger partial charge in [0, 0.05) is 6.42 Å². The molecule has 0 radical (unpaired) electrons. The van der Waals surface area contributed by atoms with Crippen molar-refractivity contribution in [2.45, 2.75) is 26.7 Å². The molecule has 2 heteroatoms. The molecule has 0 spiro atoms. The van der Waals surface area contributed by atoms with Crippen LogP contribution in [0.5, 0.6) is 5.75 Å². The van der Waals surface area contributed by atoms with Crippen molar-refractivity contribution in [3.8, 4) is 5.75 Å². The molecule has 0 saturated heterocycles. The first-order valence-corrected chi connectivity index (χ1v) is 4.38. The van der Waals surface area contributed by atoms with Crippen LogP contribution in [0.3, 0.4) is 0 Å². The fraction of sp³-hybridized carbons (Fsp3) is 0.364. The second-order valence-electron chi connectivity index (χ2n) is 3.22. The molecule has 0 fully saturated rings. The number of carbonyl (C=O) groups excluding carboxylic acids is 1. The normalized spacial score (nSPS) is 10.0. The maximum atomic E-state index is 10.2. The zero-order chi connectivity index (χ0) is 9.84. The zero-order valence-corrected chi connectivity index (χ0v) is 8.00. The van der Waals surface area contributed by atoms with Gasteiger partial charge in [-0.3, -0.25) is 0 Å². The van der Waals surface area contributed by atoms with E-state index >= 15 is 0 Å². The third-order valence-corrected chi connectivity index (χ3v) is 2.32. The molecule has 0 aliphatic rings. The standard InChI is InChI=1S/C11H14O2/c1-8-5-6-10(4-3-7-12)11(13)9(8)2/h5-7,13H,3-4H2,1-2H3. The SMILES string of the molecule is Cc1ccc(CCC=O)c(O)c1C. The minimum absolute atomic E-state index is 0.335. The molecule has 0 unspecified atom stereocenters. The van der Waals surface area contributed by atoms with Crippen LogP contribution in [-0.2, 0) is 11.2 Å². The fourth-order valence-electron chi connectivity index (χ4n) is 1.27. The Bertz CT molecular complexity index is 316. The van der Waals surface area contributed by atoms with E-state index in [1.165, 1.54) is 0 Å². The molecule has 1 N–H and O–H groups in total. The van der Waals surface area contributed by atoms with Crippen LogP contribution in [0.25, 0.3) is 0 Å². The molecular weight excluding hydrogens is 164 g/mol. The number of phenols is 1. The molecule has 0 atom stereocenters. The van der Waals surface area contributed by atoms with Gasteiger partial charge in [-0.05, 0) is 37.0 Å².